The highest BCUT2D eigenvalue weighted by atomic mass is 15.5. The predicted molar refractivity (Wildman–Crippen MR) is 78.5 cm³/mol. The van der Waals surface area contributed by atoms with E-state index in [9.17, 15) is 0 Å². The van der Waals surface area contributed by atoms with Crippen LogP contribution in [-0.2, 0) is 0 Å². The van der Waals surface area contributed by atoms with E-state index in [1.54, 1.807) is 4.68 Å². The second kappa shape index (κ2) is 4.77. The van der Waals surface area contributed by atoms with Crippen LogP contribution in [0.2, 0.25) is 0 Å². The molecule has 0 bridgehead atoms. The Labute approximate surface area is 117 Å². The van der Waals surface area contributed by atoms with Gasteiger partial charge in [-0.2, -0.15) is 4.68 Å². The van der Waals surface area contributed by atoms with Crippen molar-refractivity contribution < 1.29 is 0 Å². The van der Waals surface area contributed by atoms with Crippen molar-refractivity contribution in [3.63, 3.8) is 0 Å². The van der Waals surface area contributed by atoms with E-state index in [0.717, 1.165) is 22.4 Å². The maximum atomic E-state index is 6.02. The van der Waals surface area contributed by atoms with Gasteiger partial charge in [0.15, 0.2) is 5.82 Å². The van der Waals surface area contributed by atoms with Gasteiger partial charge in [-0.1, -0.05) is 24.3 Å². The number of nitrogens with zero attached hydrogens (tertiary/aromatic N) is 4. The third-order valence-electron chi connectivity index (χ3n) is 3.26. The number of aryl methyl sites for hydroxylation is 2. The molecule has 5 nitrogen and oxygen atoms in total. The quantitative estimate of drug-likeness (QED) is 0.723. The summed E-state index contributed by atoms with van der Waals surface area (Å²) in [7, 11) is 0. The van der Waals surface area contributed by atoms with E-state index in [2.05, 4.69) is 33.7 Å². The molecule has 0 saturated carbocycles. The highest BCUT2D eigenvalue weighted by Gasteiger charge is 2.14. The van der Waals surface area contributed by atoms with Crippen molar-refractivity contribution in [3.05, 3.63) is 53.6 Å². The van der Waals surface area contributed by atoms with E-state index in [1.807, 2.05) is 38.1 Å². The van der Waals surface area contributed by atoms with Crippen molar-refractivity contribution in [2.24, 2.45) is 0 Å². The first-order valence-electron chi connectivity index (χ1n) is 6.37. The van der Waals surface area contributed by atoms with Crippen LogP contribution in [0.25, 0.3) is 17.1 Å². The van der Waals surface area contributed by atoms with Crippen LogP contribution in [0.5, 0.6) is 0 Å². The van der Waals surface area contributed by atoms with Crippen molar-refractivity contribution in [3.8, 4) is 17.1 Å². The fourth-order valence-corrected chi connectivity index (χ4v) is 2.17. The fraction of sp³-hybridized carbons (Fsp3) is 0.133. The number of hydrogen-bond donors (Lipinski definition) is 1. The lowest BCUT2D eigenvalue weighted by Gasteiger charge is -2.10. The van der Waals surface area contributed by atoms with Crippen LogP contribution >= 0.6 is 0 Å². The van der Waals surface area contributed by atoms with Crippen LogP contribution in [-0.4, -0.2) is 20.2 Å². The van der Waals surface area contributed by atoms with Crippen molar-refractivity contribution in [2.75, 3.05) is 5.73 Å². The van der Waals surface area contributed by atoms with Crippen molar-refractivity contribution in [1.82, 2.24) is 20.2 Å². The molecular weight excluding hydrogens is 250 g/mol. The number of anilines is 1. The second-order valence-electron chi connectivity index (χ2n) is 4.79. The number of aromatic nitrogens is 4. The van der Waals surface area contributed by atoms with Crippen LogP contribution in [0, 0.1) is 13.8 Å². The predicted octanol–water partition coefficient (Wildman–Crippen LogP) is 2.53. The standard InChI is InChI=1S/C15H15N5/c1-10-7-8-11(2)14(9-10)20-15(17-18-19-20)12-5-3-4-6-13(12)16/h3-9H,16H2,1-2H3. The third kappa shape index (κ3) is 2.03. The maximum Gasteiger partial charge on any atom is 0.189 e. The van der Waals surface area contributed by atoms with Gasteiger partial charge < -0.3 is 5.73 Å². The molecule has 0 fully saturated rings. The van der Waals surface area contributed by atoms with E-state index in [0.29, 0.717) is 11.5 Å². The lowest BCUT2D eigenvalue weighted by atomic mass is 10.1. The molecule has 0 aliphatic carbocycles. The number of rotatable bonds is 2. The zero-order valence-electron chi connectivity index (χ0n) is 11.4. The monoisotopic (exact) mass is 265 g/mol. The van der Waals surface area contributed by atoms with Crippen LogP contribution in [0.15, 0.2) is 42.5 Å². The van der Waals surface area contributed by atoms with Gasteiger partial charge in [-0.15, -0.1) is 5.10 Å². The van der Waals surface area contributed by atoms with Gasteiger partial charge in [0, 0.05) is 11.3 Å². The smallest absolute Gasteiger partial charge is 0.189 e. The van der Waals surface area contributed by atoms with Gasteiger partial charge in [-0.3, -0.25) is 0 Å². The Morgan fingerprint density at radius 1 is 1.05 bits per heavy atom. The first kappa shape index (κ1) is 12.3. The summed E-state index contributed by atoms with van der Waals surface area (Å²) < 4.78 is 1.73. The molecule has 20 heavy (non-hydrogen) atoms. The van der Waals surface area contributed by atoms with E-state index < -0.39 is 0 Å². The Hall–Kier alpha value is -2.69. The largest absolute Gasteiger partial charge is 0.398 e. The molecule has 0 aliphatic heterocycles. The topological polar surface area (TPSA) is 69.6 Å². The first-order valence-corrected chi connectivity index (χ1v) is 6.37. The molecule has 1 aromatic heterocycles. The number of para-hydroxylation sites is 1. The van der Waals surface area contributed by atoms with Crippen molar-refractivity contribution in [2.45, 2.75) is 13.8 Å². The van der Waals surface area contributed by atoms with Crippen LogP contribution < -0.4 is 5.73 Å². The number of benzene rings is 2. The van der Waals surface area contributed by atoms with E-state index in [4.69, 9.17) is 5.73 Å². The molecule has 0 unspecified atom stereocenters. The molecule has 0 atom stereocenters. The van der Waals surface area contributed by atoms with E-state index >= 15 is 0 Å². The molecule has 0 saturated heterocycles. The highest BCUT2D eigenvalue weighted by molar-refractivity contribution is 5.72. The fourth-order valence-electron chi connectivity index (χ4n) is 2.17. The summed E-state index contributed by atoms with van der Waals surface area (Å²) >= 11 is 0. The molecule has 100 valence electrons. The molecule has 0 spiro atoms. The van der Waals surface area contributed by atoms with Crippen molar-refractivity contribution in [1.29, 1.82) is 0 Å². The van der Waals surface area contributed by atoms with Gasteiger partial charge in [0.05, 0.1) is 5.69 Å². The van der Waals surface area contributed by atoms with Crippen LogP contribution in [0.3, 0.4) is 0 Å². The maximum absolute atomic E-state index is 6.02. The molecule has 3 aromatic rings. The summed E-state index contributed by atoms with van der Waals surface area (Å²) in [6.07, 6.45) is 0. The Balaban J connectivity index is 2.21. The molecule has 2 aromatic carbocycles. The third-order valence-corrected chi connectivity index (χ3v) is 3.26. The normalized spacial score (nSPS) is 10.7. The zero-order valence-corrected chi connectivity index (χ0v) is 11.4. The average Bonchev–Trinajstić information content (AvgIpc) is 2.91. The van der Waals surface area contributed by atoms with Gasteiger partial charge in [-0.25, -0.2) is 0 Å². The molecule has 3 rings (SSSR count). The molecule has 0 radical (unpaired) electrons. The van der Waals surface area contributed by atoms with Gasteiger partial charge in [0.1, 0.15) is 0 Å². The highest BCUT2D eigenvalue weighted by Crippen LogP contribution is 2.26. The lowest BCUT2D eigenvalue weighted by molar-refractivity contribution is 0.787. The zero-order chi connectivity index (χ0) is 14.1. The van der Waals surface area contributed by atoms with Gasteiger partial charge >= 0.3 is 0 Å². The minimum Gasteiger partial charge on any atom is -0.398 e. The molecular formula is C15H15N5. The number of tetrazole rings is 1. The number of nitrogen functional groups attached to an aromatic ring is 1. The van der Waals surface area contributed by atoms with Crippen LogP contribution in [0.1, 0.15) is 11.1 Å². The second-order valence-corrected chi connectivity index (χ2v) is 4.79. The molecule has 2 N–H and O–H groups in total. The molecule has 0 amide bonds. The summed E-state index contributed by atoms with van der Waals surface area (Å²) in [5.41, 5.74) is 10.7. The van der Waals surface area contributed by atoms with Gasteiger partial charge in [0.2, 0.25) is 0 Å². The summed E-state index contributed by atoms with van der Waals surface area (Å²) in [5, 5.41) is 12.0. The number of nitrogens with two attached hydrogens (primary N) is 1. The Kier molecular flexibility index (Phi) is 2.95. The summed E-state index contributed by atoms with van der Waals surface area (Å²) in [5.74, 6) is 0.650. The van der Waals surface area contributed by atoms with Gasteiger partial charge in [0.25, 0.3) is 0 Å². The van der Waals surface area contributed by atoms with E-state index in [-0.39, 0.29) is 0 Å². The Bertz CT molecular complexity index is 760. The van der Waals surface area contributed by atoms with Gasteiger partial charge in [-0.05, 0) is 53.6 Å². The Morgan fingerprint density at radius 3 is 2.65 bits per heavy atom. The SMILES string of the molecule is Cc1ccc(C)c(-n2nnnc2-c2ccccc2N)c1. The number of hydrogen-bond acceptors (Lipinski definition) is 4. The molecule has 1 heterocycles. The summed E-state index contributed by atoms with van der Waals surface area (Å²) in [4.78, 5) is 0. The Morgan fingerprint density at radius 2 is 1.85 bits per heavy atom. The summed E-state index contributed by atoms with van der Waals surface area (Å²) in [6.45, 7) is 4.08. The summed E-state index contributed by atoms with van der Waals surface area (Å²) in [6, 6.07) is 13.8. The van der Waals surface area contributed by atoms with E-state index in [1.165, 1.54) is 0 Å². The molecule has 5 heteroatoms. The molecule has 0 aliphatic rings. The lowest BCUT2D eigenvalue weighted by Crippen LogP contribution is -2.03. The minimum absolute atomic E-state index is 0.650. The minimum atomic E-state index is 0.650. The van der Waals surface area contributed by atoms with Crippen LogP contribution in [0.4, 0.5) is 5.69 Å². The first-order chi connectivity index (χ1) is 9.66. The van der Waals surface area contributed by atoms with Crippen molar-refractivity contribution >= 4 is 5.69 Å². The average molecular weight is 265 g/mol.